The fraction of sp³-hybridized carbons (Fsp3) is 0.200. The first-order chi connectivity index (χ1) is 12.0. The lowest BCUT2D eigenvalue weighted by molar-refractivity contribution is -0.122. The number of aliphatic imine (C=N–C) groups is 1. The highest BCUT2D eigenvalue weighted by Gasteiger charge is 2.32. The van der Waals surface area contributed by atoms with Gasteiger partial charge in [-0.15, -0.1) is 0 Å². The minimum absolute atomic E-state index is 0.0700. The maximum Gasteiger partial charge on any atom is 0.266 e. The summed E-state index contributed by atoms with van der Waals surface area (Å²) in [5.74, 6) is -0.362. The van der Waals surface area contributed by atoms with Crippen LogP contribution in [0, 0.1) is 19.7 Å². The van der Waals surface area contributed by atoms with Crippen molar-refractivity contribution < 1.29 is 9.18 Å². The Kier molecular flexibility index (Phi) is 5.04. The molecule has 0 bridgehead atoms. The molecule has 0 aliphatic carbocycles. The Hall–Kier alpha value is -2.40. The van der Waals surface area contributed by atoms with Crippen LogP contribution in [0.4, 0.5) is 10.1 Å². The Morgan fingerprint density at radius 2 is 1.84 bits per heavy atom. The number of halogens is 1. The Morgan fingerprint density at radius 1 is 1.12 bits per heavy atom. The zero-order valence-electron chi connectivity index (χ0n) is 14.4. The van der Waals surface area contributed by atoms with Gasteiger partial charge in [-0.2, -0.15) is 0 Å². The van der Waals surface area contributed by atoms with Crippen LogP contribution in [0.1, 0.15) is 23.6 Å². The second kappa shape index (κ2) is 7.23. The van der Waals surface area contributed by atoms with E-state index in [1.807, 2.05) is 32.0 Å². The number of rotatable bonds is 3. The van der Waals surface area contributed by atoms with Crippen molar-refractivity contribution in [2.24, 2.45) is 4.99 Å². The molecular formula is C20H19FN2OS. The van der Waals surface area contributed by atoms with Crippen molar-refractivity contribution in [3.63, 3.8) is 0 Å². The number of hydrogen-bond donors (Lipinski definition) is 0. The summed E-state index contributed by atoms with van der Waals surface area (Å²) in [4.78, 5) is 19.5. The summed E-state index contributed by atoms with van der Waals surface area (Å²) in [6, 6.07) is 12.1. The van der Waals surface area contributed by atoms with Gasteiger partial charge in [0.05, 0.1) is 10.6 Å². The zero-order valence-corrected chi connectivity index (χ0v) is 15.2. The molecule has 1 aliphatic heterocycles. The molecule has 0 aromatic heterocycles. The number of carbonyl (C=O) groups excluding carboxylic acids is 1. The first kappa shape index (κ1) is 17.4. The summed E-state index contributed by atoms with van der Waals surface area (Å²) in [5, 5.41) is 0.670. The van der Waals surface area contributed by atoms with Crippen molar-refractivity contribution in [3.8, 4) is 0 Å². The third-order valence-corrected chi connectivity index (χ3v) is 5.09. The van der Waals surface area contributed by atoms with E-state index < -0.39 is 0 Å². The van der Waals surface area contributed by atoms with Crippen LogP contribution in [-0.4, -0.2) is 22.5 Å². The van der Waals surface area contributed by atoms with E-state index in [1.54, 1.807) is 23.1 Å². The Bertz CT molecular complexity index is 872. The van der Waals surface area contributed by atoms with Crippen molar-refractivity contribution in [2.45, 2.75) is 20.8 Å². The fourth-order valence-electron chi connectivity index (χ4n) is 2.49. The molecule has 128 valence electrons. The number of carbonyl (C=O) groups is 1. The molecule has 0 unspecified atom stereocenters. The quantitative estimate of drug-likeness (QED) is 0.721. The number of thioether (sulfide) groups is 1. The molecule has 1 fully saturated rings. The van der Waals surface area contributed by atoms with Gasteiger partial charge in [-0.25, -0.2) is 9.38 Å². The molecule has 2 aromatic carbocycles. The molecule has 2 aromatic rings. The van der Waals surface area contributed by atoms with Crippen LogP contribution in [0.15, 0.2) is 52.4 Å². The first-order valence-electron chi connectivity index (χ1n) is 8.11. The Balaban J connectivity index is 1.93. The van der Waals surface area contributed by atoms with E-state index in [0.717, 1.165) is 11.3 Å². The molecule has 0 radical (unpaired) electrons. The monoisotopic (exact) mass is 354 g/mol. The SMILES string of the molecule is CCN1C(=O)/C(=C/c2ccc(F)cc2)SC1=Nc1ccc(C)c(C)c1. The van der Waals surface area contributed by atoms with Gasteiger partial charge in [0.1, 0.15) is 5.82 Å². The minimum atomic E-state index is -0.292. The van der Waals surface area contributed by atoms with E-state index in [-0.39, 0.29) is 11.7 Å². The predicted octanol–water partition coefficient (Wildman–Crippen LogP) is 5.07. The number of amidine groups is 1. The summed E-state index contributed by atoms with van der Waals surface area (Å²) in [6.07, 6.45) is 1.78. The molecule has 0 N–H and O–H groups in total. The van der Waals surface area contributed by atoms with Crippen LogP contribution in [0.3, 0.4) is 0 Å². The average Bonchev–Trinajstić information content (AvgIpc) is 2.88. The van der Waals surface area contributed by atoms with E-state index >= 15 is 0 Å². The van der Waals surface area contributed by atoms with Gasteiger partial charge >= 0.3 is 0 Å². The van der Waals surface area contributed by atoms with Crippen molar-refractivity contribution in [3.05, 3.63) is 69.9 Å². The molecule has 1 saturated heterocycles. The largest absolute Gasteiger partial charge is 0.287 e. The standard InChI is InChI=1S/C20H19FN2OS/c1-4-23-19(24)18(12-15-6-8-16(21)9-7-15)25-20(23)22-17-10-5-13(2)14(3)11-17/h5-12H,4H2,1-3H3/b18-12-,22-20?. The smallest absolute Gasteiger partial charge is 0.266 e. The molecule has 0 saturated carbocycles. The molecule has 3 rings (SSSR count). The fourth-order valence-corrected chi connectivity index (χ4v) is 3.55. The summed E-state index contributed by atoms with van der Waals surface area (Å²) in [6.45, 7) is 6.58. The lowest BCUT2D eigenvalue weighted by atomic mass is 10.1. The Morgan fingerprint density at radius 3 is 2.48 bits per heavy atom. The van der Waals surface area contributed by atoms with E-state index in [0.29, 0.717) is 16.6 Å². The van der Waals surface area contributed by atoms with Crippen LogP contribution < -0.4 is 0 Å². The first-order valence-corrected chi connectivity index (χ1v) is 8.92. The summed E-state index contributed by atoms with van der Waals surface area (Å²) in [5.41, 5.74) is 4.00. The normalized spacial score (nSPS) is 17.8. The molecule has 3 nitrogen and oxygen atoms in total. The Labute approximate surface area is 151 Å². The highest BCUT2D eigenvalue weighted by molar-refractivity contribution is 8.18. The van der Waals surface area contributed by atoms with Crippen LogP contribution in [0.2, 0.25) is 0 Å². The number of likely N-dealkylation sites (N-methyl/N-ethyl adjacent to an activating group) is 1. The van der Waals surface area contributed by atoms with E-state index in [4.69, 9.17) is 0 Å². The number of amides is 1. The summed E-state index contributed by atoms with van der Waals surface area (Å²) in [7, 11) is 0. The van der Waals surface area contributed by atoms with Crippen molar-refractivity contribution in [1.29, 1.82) is 0 Å². The molecule has 0 atom stereocenters. The number of benzene rings is 2. The van der Waals surface area contributed by atoms with Crippen LogP contribution in [-0.2, 0) is 4.79 Å². The highest BCUT2D eigenvalue weighted by atomic mass is 32.2. The third-order valence-electron chi connectivity index (χ3n) is 4.09. The van der Waals surface area contributed by atoms with Crippen LogP contribution >= 0.6 is 11.8 Å². The van der Waals surface area contributed by atoms with Gasteiger partial charge in [-0.3, -0.25) is 9.69 Å². The number of nitrogens with zero attached hydrogens (tertiary/aromatic N) is 2. The van der Waals surface area contributed by atoms with Gasteiger partial charge in [0.25, 0.3) is 5.91 Å². The van der Waals surface area contributed by atoms with Crippen molar-refractivity contribution in [2.75, 3.05) is 6.54 Å². The topological polar surface area (TPSA) is 32.7 Å². The highest BCUT2D eigenvalue weighted by Crippen LogP contribution is 2.34. The van der Waals surface area contributed by atoms with E-state index in [9.17, 15) is 9.18 Å². The second-order valence-electron chi connectivity index (χ2n) is 5.87. The lowest BCUT2D eigenvalue weighted by Crippen LogP contribution is -2.28. The zero-order chi connectivity index (χ0) is 18.0. The van der Waals surface area contributed by atoms with Gasteiger partial charge in [-0.1, -0.05) is 18.2 Å². The maximum atomic E-state index is 13.0. The molecule has 1 amide bonds. The van der Waals surface area contributed by atoms with Crippen molar-refractivity contribution in [1.82, 2.24) is 4.90 Å². The molecular weight excluding hydrogens is 335 g/mol. The molecule has 25 heavy (non-hydrogen) atoms. The second-order valence-corrected chi connectivity index (χ2v) is 6.88. The van der Waals surface area contributed by atoms with Gasteiger partial charge in [-0.05, 0) is 79.6 Å². The predicted molar refractivity (Wildman–Crippen MR) is 102 cm³/mol. The van der Waals surface area contributed by atoms with Crippen LogP contribution in [0.5, 0.6) is 0 Å². The van der Waals surface area contributed by atoms with E-state index in [2.05, 4.69) is 11.9 Å². The summed E-state index contributed by atoms with van der Waals surface area (Å²) >= 11 is 1.35. The number of aryl methyl sites for hydroxylation is 2. The third kappa shape index (κ3) is 3.82. The molecule has 0 spiro atoms. The maximum absolute atomic E-state index is 13.0. The van der Waals surface area contributed by atoms with Gasteiger partial charge < -0.3 is 0 Å². The molecule has 1 aliphatic rings. The van der Waals surface area contributed by atoms with Crippen molar-refractivity contribution >= 4 is 34.6 Å². The molecule has 1 heterocycles. The molecule has 5 heteroatoms. The van der Waals surface area contributed by atoms with Gasteiger partial charge in [0.15, 0.2) is 5.17 Å². The van der Waals surface area contributed by atoms with E-state index in [1.165, 1.54) is 35.0 Å². The van der Waals surface area contributed by atoms with Gasteiger partial charge in [0.2, 0.25) is 0 Å². The summed E-state index contributed by atoms with van der Waals surface area (Å²) < 4.78 is 13.0. The lowest BCUT2D eigenvalue weighted by Gasteiger charge is -2.12. The van der Waals surface area contributed by atoms with Gasteiger partial charge in [0, 0.05) is 6.54 Å². The minimum Gasteiger partial charge on any atom is -0.287 e. The van der Waals surface area contributed by atoms with Crippen LogP contribution in [0.25, 0.3) is 6.08 Å². The average molecular weight is 354 g/mol. The number of hydrogen-bond acceptors (Lipinski definition) is 3.